The van der Waals surface area contributed by atoms with E-state index in [0.29, 0.717) is 0 Å². The molecule has 0 spiro atoms. The molecule has 0 unspecified atom stereocenters. The number of aryl methyl sites for hydroxylation is 1. The second kappa shape index (κ2) is 6.08. The lowest BCUT2D eigenvalue weighted by Crippen LogP contribution is -2.47. The standard InChI is InChI=1S/C16H23N3/c1-13(2)12-18-7-9-19(10-8-18)16-14(3)5-4-6-15(16)11-17/h4-6,13H,7-10,12H2,1-3H3. The predicted octanol–water partition coefficient (Wildman–Crippen LogP) is 2.64. The molecule has 0 N–H and O–H groups in total. The summed E-state index contributed by atoms with van der Waals surface area (Å²) in [5.41, 5.74) is 3.14. The van der Waals surface area contributed by atoms with Gasteiger partial charge in [-0.1, -0.05) is 26.0 Å². The Bertz CT molecular complexity index is 465. The third-order valence-corrected chi connectivity index (χ3v) is 3.67. The second-order valence-electron chi connectivity index (χ2n) is 5.76. The van der Waals surface area contributed by atoms with Crippen LogP contribution in [0.15, 0.2) is 18.2 Å². The van der Waals surface area contributed by atoms with Gasteiger partial charge < -0.3 is 4.90 Å². The molecule has 1 aliphatic rings. The summed E-state index contributed by atoms with van der Waals surface area (Å²) in [4.78, 5) is 4.89. The van der Waals surface area contributed by atoms with Crippen LogP contribution in [0.3, 0.4) is 0 Å². The van der Waals surface area contributed by atoms with Crippen LogP contribution < -0.4 is 4.90 Å². The first kappa shape index (κ1) is 13.9. The first-order valence-electron chi connectivity index (χ1n) is 7.09. The summed E-state index contributed by atoms with van der Waals surface area (Å²) in [5.74, 6) is 0.722. The topological polar surface area (TPSA) is 30.3 Å². The largest absolute Gasteiger partial charge is 0.368 e. The number of hydrogen-bond acceptors (Lipinski definition) is 3. The lowest BCUT2D eigenvalue weighted by atomic mass is 10.1. The summed E-state index contributed by atoms with van der Waals surface area (Å²) in [6, 6.07) is 8.30. The molecule has 0 bridgehead atoms. The van der Waals surface area contributed by atoms with Crippen molar-refractivity contribution in [3.63, 3.8) is 0 Å². The highest BCUT2D eigenvalue weighted by Gasteiger charge is 2.20. The van der Waals surface area contributed by atoms with E-state index in [0.717, 1.165) is 43.3 Å². The quantitative estimate of drug-likeness (QED) is 0.834. The Morgan fingerprint density at radius 3 is 2.47 bits per heavy atom. The first-order valence-corrected chi connectivity index (χ1v) is 7.09. The van der Waals surface area contributed by atoms with Crippen molar-refractivity contribution in [1.29, 1.82) is 5.26 Å². The average molecular weight is 257 g/mol. The van der Waals surface area contributed by atoms with E-state index < -0.39 is 0 Å². The minimum Gasteiger partial charge on any atom is -0.368 e. The number of nitrogens with zero attached hydrogens (tertiary/aromatic N) is 3. The number of nitriles is 1. The van der Waals surface area contributed by atoms with Gasteiger partial charge >= 0.3 is 0 Å². The van der Waals surface area contributed by atoms with Gasteiger partial charge in [-0.05, 0) is 24.5 Å². The molecule has 0 aromatic heterocycles. The van der Waals surface area contributed by atoms with Crippen molar-refractivity contribution in [1.82, 2.24) is 4.90 Å². The van der Waals surface area contributed by atoms with E-state index in [1.807, 2.05) is 12.1 Å². The number of para-hydroxylation sites is 1. The number of piperazine rings is 1. The average Bonchev–Trinajstić information content (AvgIpc) is 2.39. The van der Waals surface area contributed by atoms with E-state index in [2.05, 4.69) is 42.7 Å². The highest BCUT2D eigenvalue weighted by molar-refractivity contribution is 5.64. The SMILES string of the molecule is Cc1cccc(C#N)c1N1CCN(CC(C)C)CC1. The molecular weight excluding hydrogens is 234 g/mol. The summed E-state index contributed by atoms with van der Waals surface area (Å²) >= 11 is 0. The number of benzene rings is 1. The first-order chi connectivity index (χ1) is 9.11. The smallest absolute Gasteiger partial charge is 0.101 e. The van der Waals surface area contributed by atoms with Crippen molar-refractivity contribution in [3.8, 4) is 6.07 Å². The van der Waals surface area contributed by atoms with Gasteiger partial charge in [0.15, 0.2) is 0 Å². The monoisotopic (exact) mass is 257 g/mol. The van der Waals surface area contributed by atoms with Crippen molar-refractivity contribution < 1.29 is 0 Å². The van der Waals surface area contributed by atoms with E-state index in [4.69, 9.17) is 0 Å². The molecule has 1 saturated heterocycles. The second-order valence-corrected chi connectivity index (χ2v) is 5.76. The molecule has 1 fully saturated rings. The van der Waals surface area contributed by atoms with Gasteiger partial charge in [0.1, 0.15) is 6.07 Å². The molecule has 0 aliphatic carbocycles. The van der Waals surface area contributed by atoms with Crippen LogP contribution >= 0.6 is 0 Å². The van der Waals surface area contributed by atoms with Crippen LogP contribution in [-0.4, -0.2) is 37.6 Å². The van der Waals surface area contributed by atoms with E-state index in [-0.39, 0.29) is 0 Å². The summed E-state index contributed by atoms with van der Waals surface area (Å²) in [5, 5.41) is 9.26. The molecular formula is C16H23N3. The Kier molecular flexibility index (Phi) is 4.44. The maximum Gasteiger partial charge on any atom is 0.101 e. The van der Waals surface area contributed by atoms with E-state index >= 15 is 0 Å². The molecule has 0 amide bonds. The molecule has 2 rings (SSSR count). The highest BCUT2D eigenvalue weighted by Crippen LogP contribution is 2.25. The molecule has 102 valence electrons. The van der Waals surface area contributed by atoms with Crippen LogP contribution in [0.5, 0.6) is 0 Å². The van der Waals surface area contributed by atoms with Crippen molar-refractivity contribution in [2.75, 3.05) is 37.6 Å². The minimum atomic E-state index is 0.722. The summed E-state index contributed by atoms with van der Waals surface area (Å²) < 4.78 is 0. The van der Waals surface area contributed by atoms with Gasteiger partial charge in [-0.2, -0.15) is 5.26 Å². The fraction of sp³-hybridized carbons (Fsp3) is 0.562. The van der Waals surface area contributed by atoms with Crippen molar-refractivity contribution in [3.05, 3.63) is 29.3 Å². The summed E-state index contributed by atoms with van der Waals surface area (Å²) in [6.45, 7) is 12.0. The number of hydrogen-bond donors (Lipinski definition) is 0. The molecule has 0 atom stereocenters. The highest BCUT2D eigenvalue weighted by atomic mass is 15.3. The molecule has 0 radical (unpaired) electrons. The Balaban J connectivity index is 2.08. The number of rotatable bonds is 3. The summed E-state index contributed by atoms with van der Waals surface area (Å²) in [7, 11) is 0. The van der Waals surface area contributed by atoms with Crippen LogP contribution in [0.25, 0.3) is 0 Å². The Morgan fingerprint density at radius 2 is 1.89 bits per heavy atom. The maximum atomic E-state index is 9.26. The van der Waals surface area contributed by atoms with E-state index in [9.17, 15) is 5.26 Å². The predicted molar refractivity (Wildman–Crippen MR) is 79.4 cm³/mol. The van der Waals surface area contributed by atoms with Crippen LogP contribution in [0.4, 0.5) is 5.69 Å². The molecule has 1 aliphatic heterocycles. The Labute approximate surface area is 116 Å². The van der Waals surface area contributed by atoms with E-state index in [1.165, 1.54) is 12.1 Å². The van der Waals surface area contributed by atoms with Crippen LogP contribution in [0.1, 0.15) is 25.0 Å². The third kappa shape index (κ3) is 3.27. The molecule has 3 nitrogen and oxygen atoms in total. The van der Waals surface area contributed by atoms with Crippen molar-refractivity contribution in [2.24, 2.45) is 5.92 Å². The fourth-order valence-electron chi connectivity index (χ4n) is 2.84. The zero-order chi connectivity index (χ0) is 13.8. The van der Waals surface area contributed by atoms with Gasteiger partial charge in [0.2, 0.25) is 0 Å². The third-order valence-electron chi connectivity index (χ3n) is 3.67. The van der Waals surface area contributed by atoms with Gasteiger partial charge in [-0.25, -0.2) is 0 Å². The van der Waals surface area contributed by atoms with Gasteiger partial charge in [-0.3, -0.25) is 4.90 Å². The fourth-order valence-corrected chi connectivity index (χ4v) is 2.84. The van der Waals surface area contributed by atoms with Gasteiger partial charge in [-0.15, -0.1) is 0 Å². The number of anilines is 1. The molecule has 1 aromatic carbocycles. The van der Waals surface area contributed by atoms with Gasteiger partial charge in [0.25, 0.3) is 0 Å². The Morgan fingerprint density at radius 1 is 1.21 bits per heavy atom. The lowest BCUT2D eigenvalue weighted by molar-refractivity contribution is 0.231. The maximum absolute atomic E-state index is 9.26. The molecule has 1 heterocycles. The van der Waals surface area contributed by atoms with Crippen molar-refractivity contribution >= 4 is 5.69 Å². The molecule has 19 heavy (non-hydrogen) atoms. The van der Waals surface area contributed by atoms with Gasteiger partial charge in [0.05, 0.1) is 11.3 Å². The minimum absolute atomic E-state index is 0.722. The van der Waals surface area contributed by atoms with Crippen LogP contribution in [-0.2, 0) is 0 Å². The van der Waals surface area contributed by atoms with Gasteiger partial charge in [0, 0.05) is 32.7 Å². The molecule has 3 heteroatoms. The molecule has 1 aromatic rings. The van der Waals surface area contributed by atoms with Crippen LogP contribution in [0, 0.1) is 24.2 Å². The van der Waals surface area contributed by atoms with E-state index in [1.54, 1.807) is 0 Å². The van der Waals surface area contributed by atoms with Crippen LogP contribution in [0.2, 0.25) is 0 Å². The lowest BCUT2D eigenvalue weighted by Gasteiger charge is -2.37. The Hall–Kier alpha value is -1.53. The molecule has 0 saturated carbocycles. The zero-order valence-corrected chi connectivity index (χ0v) is 12.2. The summed E-state index contributed by atoms with van der Waals surface area (Å²) in [6.07, 6.45) is 0. The zero-order valence-electron chi connectivity index (χ0n) is 12.2. The van der Waals surface area contributed by atoms with Crippen molar-refractivity contribution in [2.45, 2.75) is 20.8 Å². The normalized spacial score (nSPS) is 16.7.